The molecule has 2 nitrogen and oxygen atoms in total. The molecular formula is C42H26N2. The lowest BCUT2D eigenvalue weighted by Gasteiger charge is -2.17. The molecule has 2 heterocycles. The first kappa shape index (κ1) is 24.7. The molecule has 0 amide bonds. The second-order valence-electron chi connectivity index (χ2n) is 11.4. The van der Waals surface area contributed by atoms with Crippen LogP contribution in [0.25, 0.3) is 87.6 Å². The van der Waals surface area contributed by atoms with Crippen LogP contribution in [0.3, 0.4) is 0 Å². The summed E-state index contributed by atoms with van der Waals surface area (Å²) in [4.78, 5) is 9.94. The number of fused-ring (bicyclic) bond motifs is 7. The second kappa shape index (κ2) is 9.86. The Morgan fingerprint density at radius 2 is 1.02 bits per heavy atom. The van der Waals surface area contributed by atoms with Gasteiger partial charge in [-0.1, -0.05) is 133 Å². The van der Waals surface area contributed by atoms with Crippen molar-refractivity contribution in [3.05, 3.63) is 158 Å². The minimum atomic E-state index is 0.994. The summed E-state index contributed by atoms with van der Waals surface area (Å²) < 4.78 is 0. The van der Waals surface area contributed by atoms with Crippen LogP contribution in [-0.4, -0.2) is 9.97 Å². The third-order valence-corrected chi connectivity index (χ3v) is 8.89. The number of para-hydroxylation sites is 2. The molecule has 0 aliphatic rings. The number of rotatable bonds is 3. The van der Waals surface area contributed by atoms with E-state index in [2.05, 4.69) is 151 Å². The first-order valence-corrected chi connectivity index (χ1v) is 15.0. The standard InChI is InChI=1S/C42H26N2/c1-2-13-31-30(10-1)26-38(34-15-4-3-14-33(31)34)35-18-8-19-37-40(35)36-16-5-6-20-39(36)44-42(37)29-23-21-27(22-24-29)32-17-7-11-28-12-9-25-43-41(28)32/h1-26H. The van der Waals surface area contributed by atoms with E-state index in [9.17, 15) is 0 Å². The Kier molecular flexibility index (Phi) is 5.54. The Morgan fingerprint density at radius 1 is 0.386 bits per heavy atom. The van der Waals surface area contributed by atoms with Crippen molar-refractivity contribution in [1.29, 1.82) is 0 Å². The van der Waals surface area contributed by atoms with Gasteiger partial charge in [0.05, 0.1) is 16.7 Å². The molecule has 2 heteroatoms. The second-order valence-corrected chi connectivity index (χ2v) is 11.4. The Morgan fingerprint density at radius 3 is 1.91 bits per heavy atom. The van der Waals surface area contributed by atoms with Crippen LogP contribution in [0.15, 0.2) is 158 Å². The summed E-state index contributed by atoms with van der Waals surface area (Å²) in [6.07, 6.45) is 1.86. The first-order valence-electron chi connectivity index (χ1n) is 15.0. The Bertz CT molecular complexity index is 2540. The van der Waals surface area contributed by atoms with Crippen molar-refractivity contribution in [3.8, 4) is 33.5 Å². The fourth-order valence-corrected chi connectivity index (χ4v) is 6.87. The topological polar surface area (TPSA) is 25.8 Å². The Balaban J connectivity index is 1.30. The Hall–Kier alpha value is -5.86. The van der Waals surface area contributed by atoms with Crippen molar-refractivity contribution in [2.24, 2.45) is 0 Å². The van der Waals surface area contributed by atoms with Crippen LogP contribution in [0.4, 0.5) is 0 Å². The summed E-state index contributed by atoms with van der Waals surface area (Å²) >= 11 is 0. The van der Waals surface area contributed by atoms with Gasteiger partial charge in [-0.3, -0.25) is 4.98 Å². The van der Waals surface area contributed by atoms with E-state index >= 15 is 0 Å². The summed E-state index contributed by atoms with van der Waals surface area (Å²) in [5.74, 6) is 0. The molecule has 0 N–H and O–H groups in total. The third kappa shape index (κ3) is 3.82. The highest BCUT2D eigenvalue weighted by Gasteiger charge is 2.17. The van der Waals surface area contributed by atoms with Crippen LogP contribution in [0.1, 0.15) is 0 Å². The minimum Gasteiger partial charge on any atom is -0.256 e. The maximum atomic E-state index is 5.26. The van der Waals surface area contributed by atoms with E-state index in [0.717, 1.165) is 49.6 Å². The molecule has 0 bridgehead atoms. The van der Waals surface area contributed by atoms with E-state index in [0.29, 0.717) is 0 Å². The van der Waals surface area contributed by atoms with Gasteiger partial charge in [0.1, 0.15) is 0 Å². The molecule has 0 unspecified atom stereocenters. The van der Waals surface area contributed by atoms with Crippen molar-refractivity contribution in [2.75, 3.05) is 0 Å². The molecule has 0 atom stereocenters. The van der Waals surface area contributed by atoms with Gasteiger partial charge in [0, 0.05) is 38.9 Å². The smallest absolute Gasteiger partial charge is 0.0788 e. The van der Waals surface area contributed by atoms with Crippen LogP contribution in [0.5, 0.6) is 0 Å². The van der Waals surface area contributed by atoms with Crippen LogP contribution < -0.4 is 0 Å². The number of hydrogen-bond donors (Lipinski definition) is 0. The summed E-state index contributed by atoms with van der Waals surface area (Å²) in [6, 6.07) is 54.3. The zero-order valence-electron chi connectivity index (χ0n) is 23.9. The number of nitrogens with zero attached hydrogens (tertiary/aromatic N) is 2. The summed E-state index contributed by atoms with van der Waals surface area (Å²) in [5, 5.41) is 9.75. The lowest BCUT2D eigenvalue weighted by Crippen LogP contribution is -1.93. The maximum Gasteiger partial charge on any atom is 0.0788 e. The molecule has 2 aromatic heterocycles. The van der Waals surface area contributed by atoms with Crippen molar-refractivity contribution in [2.45, 2.75) is 0 Å². The molecule has 0 saturated heterocycles. The molecule has 0 radical (unpaired) electrons. The molecule has 9 rings (SSSR count). The average Bonchev–Trinajstić information content (AvgIpc) is 3.10. The van der Waals surface area contributed by atoms with E-state index in [1.165, 1.54) is 38.1 Å². The van der Waals surface area contributed by atoms with Gasteiger partial charge in [0.25, 0.3) is 0 Å². The van der Waals surface area contributed by atoms with Crippen LogP contribution >= 0.6 is 0 Å². The highest BCUT2D eigenvalue weighted by atomic mass is 14.7. The molecule has 0 aliphatic carbocycles. The number of hydrogen-bond acceptors (Lipinski definition) is 2. The molecule has 7 aromatic carbocycles. The quantitative estimate of drug-likeness (QED) is 0.202. The third-order valence-electron chi connectivity index (χ3n) is 8.89. The molecule has 0 fully saturated rings. The van der Waals surface area contributed by atoms with Gasteiger partial charge in [-0.15, -0.1) is 0 Å². The minimum absolute atomic E-state index is 0.994. The monoisotopic (exact) mass is 558 g/mol. The highest BCUT2D eigenvalue weighted by molar-refractivity contribution is 6.21. The molecule has 0 aliphatic heterocycles. The van der Waals surface area contributed by atoms with Crippen LogP contribution in [0, 0.1) is 0 Å². The van der Waals surface area contributed by atoms with Gasteiger partial charge in [-0.25, -0.2) is 4.98 Å². The predicted octanol–water partition coefficient (Wildman–Crippen LogP) is 11.2. The number of aromatic nitrogens is 2. The van der Waals surface area contributed by atoms with Gasteiger partial charge in [-0.2, -0.15) is 0 Å². The molecule has 204 valence electrons. The molecule has 0 saturated carbocycles. The predicted molar refractivity (Wildman–Crippen MR) is 186 cm³/mol. The maximum absolute atomic E-state index is 5.26. The summed E-state index contributed by atoms with van der Waals surface area (Å²) in [5.41, 5.74) is 8.85. The van der Waals surface area contributed by atoms with Crippen molar-refractivity contribution < 1.29 is 0 Å². The molecule has 9 aromatic rings. The van der Waals surface area contributed by atoms with Crippen molar-refractivity contribution in [1.82, 2.24) is 9.97 Å². The van der Waals surface area contributed by atoms with Gasteiger partial charge >= 0.3 is 0 Å². The van der Waals surface area contributed by atoms with E-state index in [4.69, 9.17) is 4.98 Å². The van der Waals surface area contributed by atoms with Crippen molar-refractivity contribution in [3.63, 3.8) is 0 Å². The fraction of sp³-hybridized carbons (Fsp3) is 0. The summed E-state index contributed by atoms with van der Waals surface area (Å²) in [6.45, 7) is 0. The van der Waals surface area contributed by atoms with Crippen LogP contribution in [0.2, 0.25) is 0 Å². The molecule has 0 spiro atoms. The lowest BCUT2D eigenvalue weighted by molar-refractivity contribution is 1.41. The van der Waals surface area contributed by atoms with Gasteiger partial charge in [0.15, 0.2) is 0 Å². The van der Waals surface area contributed by atoms with Gasteiger partial charge in [0.2, 0.25) is 0 Å². The van der Waals surface area contributed by atoms with Gasteiger partial charge < -0.3 is 0 Å². The van der Waals surface area contributed by atoms with E-state index in [1.54, 1.807) is 0 Å². The zero-order valence-corrected chi connectivity index (χ0v) is 23.9. The van der Waals surface area contributed by atoms with E-state index in [-0.39, 0.29) is 0 Å². The summed E-state index contributed by atoms with van der Waals surface area (Å²) in [7, 11) is 0. The SMILES string of the molecule is c1cnc2c(-c3ccc(-c4nc5ccccc5c5c(-c6cc7ccccc7c7ccccc67)cccc45)cc3)cccc2c1. The van der Waals surface area contributed by atoms with Crippen molar-refractivity contribution >= 4 is 54.1 Å². The average molecular weight is 559 g/mol. The highest BCUT2D eigenvalue weighted by Crippen LogP contribution is 2.42. The molecular weight excluding hydrogens is 532 g/mol. The first-order chi connectivity index (χ1) is 21.8. The molecule has 44 heavy (non-hydrogen) atoms. The lowest BCUT2D eigenvalue weighted by atomic mass is 9.88. The number of pyridine rings is 2. The fourth-order valence-electron chi connectivity index (χ4n) is 6.87. The zero-order chi connectivity index (χ0) is 29.0. The largest absolute Gasteiger partial charge is 0.256 e. The van der Waals surface area contributed by atoms with Gasteiger partial charge in [-0.05, 0) is 56.4 Å². The Labute approximate surface area is 254 Å². The van der Waals surface area contributed by atoms with E-state index in [1.807, 2.05) is 12.3 Å². The van der Waals surface area contributed by atoms with E-state index < -0.39 is 0 Å². The van der Waals surface area contributed by atoms with Crippen LogP contribution in [-0.2, 0) is 0 Å². The number of benzene rings is 7. The normalized spacial score (nSPS) is 11.6.